The van der Waals surface area contributed by atoms with Crippen LogP contribution in [0.3, 0.4) is 0 Å². The Hall–Kier alpha value is -1.10. The number of aliphatic hydroxyl groups excluding tert-OH is 1. The molecule has 0 bridgehead atoms. The van der Waals surface area contributed by atoms with Crippen molar-refractivity contribution < 1.29 is 9.90 Å². The summed E-state index contributed by atoms with van der Waals surface area (Å²) in [6.45, 7) is 4.63. The quantitative estimate of drug-likeness (QED) is 0.879. The second-order valence-electron chi connectivity index (χ2n) is 5.79. The summed E-state index contributed by atoms with van der Waals surface area (Å²) < 4.78 is 0. The number of anilines is 1. The highest BCUT2D eigenvalue weighted by atomic mass is 35.5. The number of aliphatic hydroxyl groups is 1. The molecule has 0 saturated carbocycles. The van der Waals surface area contributed by atoms with Crippen LogP contribution in [0.1, 0.15) is 33.1 Å². The number of nitrogens with zero attached hydrogens (tertiary/aromatic N) is 1. The van der Waals surface area contributed by atoms with Crippen LogP contribution in [-0.4, -0.2) is 40.6 Å². The summed E-state index contributed by atoms with van der Waals surface area (Å²) in [6, 6.07) is 7.19. The molecule has 0 radical (unpaired) electrons. The smallest absolute Gasteiger partial charge is 0.241 e. The van der Waals surface area contributed by atoms with E-state index in [0.29, 0.717) is 5.02 Å². The third-order valence-electron chi connectivity index (χ3n) is 4.02. The fourth-order valence-corrected chi connectivity index (χ4v) is 3.07. The van der Waals surface area contributed by atoms with Gasteiger partial charge in [0.15, 0.2) is 0 Å². The minimum Gasteiger partial charge on any atom is -0.393 e. The van der Waals surface area contributed by atoms with Gasteiger partial charge in [-0.3, -0.25) is 9.69 Å². The Morgan fingerprint density at radius 1 is 1.43 bits per heavy atom. The van der Waals surface area contributed by atoms with Crippen molar-refractivity contribution in [3.8, 4) is 0 Å². The molecule has 116 valence electrons. The summed E-state index contributed by atoms with van der Waals surface area (Å²) in [4.78, 5) is 14.6. The molecule has 0 aromatic heterocycles. The third kappa shape index (κ3) is 4.43. The van der Waals surface area contributed by atoms with E-state index in [1.807, 2.05) is 6.92 Å². The normalized spacial score (nSPS) is 22.0. The van der Waals surface area contributed by atoms with Crippen LogP contribution in [0.2, 0.25) is 5.02 Å². The molecule has 1 aromatic carbocycles. The first-order valence-electron chi connectivity index (χ1n) is 7.47. The summed E-state index contributed by atoms with van der Waals surface area (Å²) >= 11 is 5.84. The summed E-state index contributed by atoms with van der Waals surface area (Å²) in [7, 11) is 0. The molecule has 21 heavy (non-hydrogen) atoms. The molecule has 2 N–H and O–H groups in total. The number of hydrogen-bond donors (Lipinski definition) is 2. The molecule has 3 unspecified atom stereocenters. The molecule has 0 spiro atoms. The van der Waals surface area contributed by atoms with Crippen LogP contribution in [0.5, 0.6) is 0 Å². The lowest BCUT2D eigenvalue weighted by Gasteiger charge is -2.30. The lowest BCUT2D eigenvalue weighted by atomic mass is 10.1. The van der Waals surface area contributed by atoms with Gasteiger partial charge in [0.05, 0.1) is 12.1 Å². The average Bonchev–Trinajstić information content (AvgIpc) is 2.87. The zero-order chi connectivity index (χ0) is 15.4. The summed E-state index contributed by atoms with van der Waals surface area (Å²) in [5.41, 5.74) is 0.752. The maximum absolute atomic E-state index is 12.4. The van der Waals surface area contributed by atoms with Gasteiger partial charge in [0.2, 0.25) is 5.91 Å². The molecule has 1 aliphatic rings. The van der Waals surface area contributed by atoms with Gasteiger partial charge in [0, 0.05) is 16.8 Å². The highest BCUT2D eigenvalue weighted by Crippen LogP contribution is 2.24. The zero-order valence-corrected chi connectivity index (χ0v) is 13.3. The molecule has 1 saturated heterocycles. The van der Waals surface area contributed by atoms with E-state index in [1.54, 1.807) is 31.2 Å². The minimum absolute atomic E-state index is 0.0187. The van der Waals surface area contributed by atoms with Gasteiger partial charge in [-0.2, -0.15) is 0 Å². The highest BCUT2D eigenvalue weighted by molar-refractivity contribution is 6.30. The maximum atomic E-state index is 12.4. The number of likely N-dealkylation sites (tertiary alicyclic amines) is 1. The lowest BCUT2D eigenvalue weighted by molar-refractivity contribution is -0.121. The van der Waals surface area contributed by atoms with Crippen molar-refractivity contribution in [2.75, 3.05) is 11.9 Å². The van der Waals surface area contributed by atoms with E-state index in [4.69, 9.17) is 11.6 Å². The van der Waals surface area contributed by atoms with Crippen molar-refractivity contribution in [1.82, 2.24) is 4.90 Å². The van der Waals surface area contributed by atoms with Crippen LogP contribution >= 0.6 is 11.6 Å². The summed E-state index contributed by atoms with van der Waals surface area (Å²) in [5, 5.41) is 13.1. The molecule has 2 rings (SSSR count). The number of hydrogen-bond acceptors (Lipinski definition) is 3. The number of amides is 1. The molecule has 5 heteroatoms. The van der Waals surface area contributed by atoms with E-state index in [0.717, 1.165) is 31.5 Å². The number of carbonyl (C=O) groups excluding carboxylic acids is 1. The fraction of sp³-hybridized carbons (Fsp3) is 0.562. The van der Waals surface area contributed by atoms with Crippen molar-refractivity contribution in [2.24, 2.45) is 0 Å². The molecular formula is C16H23ClN2O2. The van der Waals surface area contributed by atoms with Gasteiger partial charge in [-0.25, -0.2) is 0 Å². The maximum Gasteiger partial charge on any atom is 0.241 e. The summed E-state index contributed by atoms with van der Waals surface area (Å²) in [5.74, 6) is -0.0187. The first-order valence-corrected chi connectivity index (χ1v) is 7.85. The Balaban J connectivity index is 1.96. The monoisotopic (exact) mass is 310 g/mol. The van der Waals surface area contributed by atoms with E-state index in [2.05, 4.69) is 10.2 Å². The van der Waals surface area contributed by atoms with Crippen LogP contribution < -0.4 is 5.32 Å². The first kappa shape index (κ1) is 16.3. The van der Waals surface area contributed by atoms with Gasteiger partial charge in [-0.15, -0.1) is 0 Å². The molecule has 1 aromatic rings. The molecular weight excluding hydrogens is 288 g/mol. The second-order valence-corrected chi connectivity index (χ2v) is 6.23. The molecule has 0 aliphatic carbocycles. The standard InChI is InChI=1S/C16H23ClN2O2/c1-11(20)10-15-4-3-9-19(15)12(2)16(21)18-14-7-5-13(17)6-8-14/h5-8,11-12,15,20H,3-4,9-10H2,1-2H3,(H,18,21). The van der Waals surface area contributed by atoms with Gasteiger partial charge in [0.25, 0.3) is 0 Å². The van der Waals surface area contributed by atoms with Crippen LogP contribution in [0.15, 0.2) is 24.3 Å². The number of rotatable bonds is 5. The van der Waals surface area contributed by atoms with Gasteiger partial charge in [-0.05, 0) is 63.9 Å². The molecule has 1 fully saturated rings. The fourth-order valence-electron chi connectivity index (χ4n) is 2.95. The highest BCUT2D eigenvalue weighted by Gasteiger charge is 2.32. The van der Waals surface area contributed by atoms with Crippen LogP contribution in [-0.2, 0) is 4.79 Å². The predicted octanol–water partition coefficient (Wildman–Crippen LogP) is 2.90. The Kier molecular flexibility index (Phi) is 5.62. The van der Waals surface area contributed by atoms with E-state index >= 15 is 0 Å². The van der Waals surface area contributed by atoms with Crippen LogP contribution in [0.25, 0.3) is 0 Å². The Bertz CT molecular complexity index is 476. The van der Waals surface area contributed by atoms with Gasteiger partial charge in [0.1, 0.15) is 0 Å². The van der Waals surface area contributed by atoms with E-state index in [9.17, 15) is 9.90 Å². The third-order valence-corrected chi connectivity index (χ3v) is 4.28. The number of benzene rings is 1. The van der Waals surface area contributed by atoms with Crippen molar-refractivity contribution in [3.63, 3.8) is 0 Å². The number of carbonyl (C=O) groups is 1. The first-order chi connectivity index (χ1) is 9.97. The van der Waals surface area contributed by atoms with Gasteiger partial charge < -0.3 is 10.4 Å². The second kappa shape index (κ2) is 7.25. The Morgan fingerprint density at radius 3 is 2.71 bits per heavy atom. The Labute approximate surface area is 131 Å². The topological polar surface area (TPSA) is 52.6 Å². The van der Waals surface area contributed by atoms with Crippen LogP contribution in [0.4, 0.5) is 5.69 Å². The predicted molar refractivity (Wildman–Crippen MR) is 85.6 cm³/mol. The molecule has 1 heterocycles. The van der Waals surface area contributed by atoms with Crippen molar-refractivity contribution in [1.29, 1.82) is 0 Å². The van der Waals surface area contributed by atoms with Crippen molar-refractivity contribution in [3.05, 3.63) is 29.3 Å². The molecule has 4 nitrogen and oxygen atoms in total. The lowest BCUT2D eigenvalue weighted by Crippen LogP contribution is -2.45. The van der Waals surface area contributed by atoms with E-state index < -0.39 is 0 Å². The minimum atomic E-state index is -0.331. The van der Waals surface area contributed by atoms with Gasteiger partial charge in [-0.1, -0.05) is 11.6 Å². The Morgan fingerprint density at radius 2 is 2.10 bits per heavy atom. The SMILES string of the molecule is CC(O)CC1CCCN1C(C)C(=O)Nc1ccc(Cl)cc1. The van der Waals surface area contributed by atoms with Gasteiger partial charge >= 0.3 is 0 Å². The van der Waals surface area contributed by atoms with E-state index in [-0.39, 0.29) is 24.1 Å². The molecule has 1 amide bonds. The number of nitrogens with one attached hydrogen (secondary N) is 1. The number of halogens is 1. The zero-order valence-electron chi connectivity index (χ0n) is 12.6. The molecule has 3 atom stereocenters. The van der Waals surface area contributed by atoms with Crippen LogP contribution in [0, 0.1) is 0 Å². The van der Waals surface area contributed by atoms with Crippen molar-refractivity contribution in [2.45, 2.75) is 51.3 Å². The van der Waals surface area contributed by atoms with E-state index in [1.165, 1.54) is 0 Å². The summed E-state index contributed by atoms with van der Waals surface area (Å²) in [6.07, 6.45) is 2.51. The molecule has 1 aliphatic heterocycles. The average molecular weight is 311 g/mol. The largest absolute Gasteiger partial charge is 0.393 e. The van der Waals surface area contributed by atoms with Crippen molar-refractivity contribution >= 4 is 23.2 Å².